The molecule has 6 nitrogen and oxygen atoms in total. The van der Waals surface area contributed by atoms with Crippen molar-refractivity contribution in [2.24, 2.45) is 20.3 Å². The molecule has 0 amide bonds. The molecular weight excluding hydrogens is 269 g/mol. The van der Waals surface area contributed by atoms with Gasteiger partial charge in [0.05, 0.1) is 22.8 Å². The van der Waals surface area contributed by atoms with Crippen LogP contribution in [-0.4, -0.2) is 48.6 Å². The van der Waals surface area contributed by atoms with Crippen molar-refractivity contribution in [2.45, 2.75) is 34.1 Å². The quantitative estimate of drug-likeness (QED) is 0.245. The van der Waals surface area contributed by atoms with E-state index in [0.29, 0.717) is 42.4 Å². The van der Waals surface area contributed by atoms with Gasteiger partial charge in [-0.25, -0.2) is 8.63 Å². The van der Waals surface area contributed by atoms with Crippen LogP contribution in [0.15, 0.2) is 20.3 Å². The fourth-order valence-electron chi connectivity index (χ4n) is 1.05. The standard InChI is InChI=1S/C11H19BF2N4O2/c1-8(10(3)17-19)15-6-5-7-16-9(2)11(4)18-20-12(13)14/h19H,5-7H2,1-4H3/b15-8?,16-9?,17-10+,18-11+. The molecule has 0 aromatic carbocycles. The minimum atomic E-state index is -2.92. The van der Waals surface area contributed by atoms with E-state index < -0.39 is 7.47 Å². The Kier molecular flexibility index (Phi) is 9.15. The lowest BCUT2D eigenvalue weighted by Crippen LogP contribution is -2.10. The van der Waals surface area contributed by atoms with Crippen molar-refractivity contribution in [1.82, 2.24) is 0 Å². The molecule has 0 fully saturated rings. The lowest BCUT2D eigenvalue weighted by atomic mass is 10.3. The third-order valence-corrected chi connectivity index (χ3v) is 2.48. The van der Waals surface area contributed by atoms with Crippen LogP contribution in [0, 0.1) is 0 Å². The van der Waals surface area contributed by atoms with E-state index in [4.69, 9.17) is 5.21 Å². The van der Waals surface area contributed by atoms with Crippen LogP contribution in [0.2, 0.25) is 0 Å². The zero-order chi connectivity index (χ0) is 15.5. The van der Waals surface area contributed by atoms with Crippen LogP contribution in [0.25, 0.3) is 0 Å². The first-order valence-corrected chi connectivity index (χ1v) is 6.08. The smallest absolute Gasteiger partial charge is 0.411 e. The van der Waals surface area contributed by atoms with Crippen molar-refractivity contribution in [1.29, 1.82) is 0 Å². The number of nitrogens with zero attached hydrogens (tertiary/aromatic N) is 4. The Morgan fingerprint density at radius 3 is 1.90 bits per heavy atom. The Labute approximate surface area is 117 Å². The highest BCUT2D eigenvalue weighted by atomic mass is 19.2. The molecule has 0 saturated heterocycles. The Morgan fingerprint density at radius 1 is 0.950 bits per heavy atom. The van der Waals surface area contributed by atoms with E-state index in [-0.39, 0.29) is 0 Å². The summed E-state index contributed by atoms with van der Waals surface area (Å²) in [5.74, 6) is 0. The van der Waals surface area contributed by atoms with E-state index >= 15 is 0 Å². The highest BCUT2D eigenvalue weighted by Crippen LogP contribution is 1.94. The zero-order valence-electron chi connectivity index (χ0n) is 12.1. The van der Waals surface area contributed by atoms with Crippen LogP contribution in [0.1, 0.15) is 34.1 Å². The van der Waals surface area contributed by atoms with Gasteiger partial charge in [-0.15, -0.1) is 5.16 Å². The van der Waals surface area contributed by atoms with Crippen molar-refractivity contribution < 1.29 is 18.6 Å². The van der Waals surface area contributed by atoms with Crippen molar-refractivity contribution >= 4 is 30.3 Å². The normalized spacial score (nSPS) is 14.5. The van der Waals surface area contributed by atoms with Gasteiger partial charge in [-0.3, -0.25) is 9.98 Å². The molecule has 0 spiro atoms. The molecular formula is C11H19BF2N4O2. The molecule has 0 unspecified atom stereocenters. The van der Waals surface area contributed by atoms with Crippen LogP contribution in [0.5, 0.6) is 0 Å². The maximum Gasteiger partial charge on any atom is 0.818 e. The molecule has 9 heteroatoms. The predicted octanol–water partition coefficient (Wildman–Crippen LogP) is 2.46. The van der Waals surface area contributed by atoms with Crippen molar-refractivity contribution in [3.05, 3.63) is 0 Å². The van der Waals surface area contributed by atoms with Gasteiger partial charge < -0.3 is 9.96 Å². The van der Waals surface area contributed by atoms with E-state index in [1.165, 1.54) is 0 Å². The van der Waals surface area contributed by atoms with Crippen molar-refractivity contribution in [2.75, 3.05) is 13.1 Å². The van der Waals surface area contributed by atoms with E-state index in [2.05, 4.69) is 25.1 Å². The molecule has 0 aromatic heterocycles. The number of aliphatic imine (C=N–C) groups is 2. The highest BCUT2D eigenvalue weighted by molar-refractivity contribution is 6.41. The predicted molar refractivity (Wildman–Crippen MR) is 77.6 cm³/mol. The van der Waals surface area contributed by atoms with Crippen LogP contribution in [-0.2, 0) is 4.76 Å². The van der Waals surface area contributed by atoms with E-state index in [0.717, 1.165) is 0 Å². The molecule has 112 valence electrons. The minimum absolute atomic E-state index is 0.313. The maximum absolute atomic E-state index is 11.8. The van der Waals surface area contributed by atoms with Gasteiger partial charge in [0.25, 0.3) is 0 Å². The monoisotopic (exact) mass is 288 g/mol. The Balaban J connectivity index is 4.16. The lowest BCUT2D eigenvalue weighted by molar-refractivity contribution is 0.271. The molecule has 0 aromatic rings. The summed E-state index contributed by atoms with van der Waals surface area (Å²) in [6, 6.07) is 0. The van der Waals surface area contributed by atoms with Crippen molar-refractivity contribution in [3.63, 3.8) is 0 Å². The topological polar surface area (TPSA) is 78.9 Å². The Morgan fingerprint density at radius 2 is 1.45 bits per heavy atom. The molecule has 0 radical (unpaired) electrons. The number of rotatable bonds is 8. The molecule has 0 bridgehead atoms. The number of oxime groups is 2. The van der Waals surface area contributed by atoms with Gasteiger partial charge in [0.15, 0.2) is 0 Å². The molecule has 0 heterocycles. The fraction of sp³-hybridized carbons (Fsp3) is 0.636. The molecule has 0 saturated carbocycles. The summed E-state index contributed by atoms with van der Waals surface area (Å²) in [4.78, 5) is 8.37. The number of hydrogen-bond acceptors (Lipinski definition) is 6. The first kappa shape index (κ1) is 18.2. The average molecular weight is 288 g/mol. The molecule has 20 heavy (non-hydrogen) atoms. The molecule has 1 N–H and O–H groups in total. The Hall–Kier alpha value is -1.80. The summed E-state index contributed by atoms with van der Waals surface area (Å²) in [6.07, 6.45) is 0.691. The van der Waals surface area contributed by atoms with Gasteiger partial charge in [0.2, 0.25) is 0 Å². The third-order valence-electron chi connectivity index (χ3n) is 2.48. The largest absolute Gasteiger partial charge is 0.818 e. The molecule has 0 rings (SSSR count). The highest BCUT2D eigenvalue weighted by Gasteiger charge is 2.16. The van der Waals surface area contributed by atoms with E-state index in [9.17, 15) is 8.63 Å². The van der Waals surface area contributed by atoms with Gasteiger partial charge in [0.1, 0.15) is 0 Å². The van der Waals surface area contributed by atoms with Crippen molar-refractivity contribution in [3.8, 4) is 0 Å². The van der Waals surface area contributed by atoms with Gasteiger partial charge in [-0.1, -0.05) is 5.16 Å². The number of halogens is 2. The second-order valence-corrected chi connectivity index (χ2v) is 4.02. The van der Waals surface area contributed by atoms with E-state index in [1.807, 2.05) is 0 Å². The van der Waals surface area contributed by atoms with Gasteiger partial charge in [0, 0.05) is 13.1 Å². The third kappa shape index (κ3) is 8.33. The summed E-state index contributed by atoms with van der Waals surface area (Å²) >= 11 is 0. The second-order valence-electron chi connectivity index (χ2n) is 4.02. The van der Waals surface area contributed by atoms with Gasteiger partial charge in [-0.05, 0) is 34.1 Å². The first-order chi connectivity index (χ1) is 9.38. The molecule has 0 aliphatic rings. The zero-order valence-corrected chi connectivity index (χ0v) is 12.1. The Bertz CT molecular complexity index is 423. The molecule has 0 atom stereocenters. The van der Waals surface area contributed by atoms with Crippen LogP contribution in [0.3, 0.4) is 0 Å². The number of hydrogen-bond donors (Lipinski definition) is 1. The SMILES string of the molecule is CC(=NCCCN=C(C)/C(C)=N/OB(F)F)/C(C)=N/O. The molecule has 0 aliphatic carbocycles. The summed E-state index contributed by atoms with van der Waals surface area (Å²) in [6.45, 7) is 7.67. The van der Waals surface area contributed by atoms with Crippen LogP contribution >= 0.6 is 0 Å². The summed E-state index contributed by atoms with van der Waals surface area (Å²) in [7, 11) is -2.92. The summed E-state index contributed by atoms with van der Waals surface area (Å²) < 4.78 is 27.4. The average Bonchev–Trinajstić information content (AvgIpc) is 2.42. The minimum Gasteiger partial charge on any atom is -0.411 e. The molecule has 0 aliphatic heterocycles. The lowest BCUT2D eigenvalue weighted by Gasteiger charge is -2.01. The first-order valence-electron chi connectivity index (χ1n) is 6.08. The van der Waals surface area contributed by atoms with Crippen LogP contribution in [0.4, 0.5) is 8.63 Å². The second kappa shape index (κ2) is 10.0. The summed E-state index contributed by atoms with van der Waals surface area (Å²) in [5, 5.41) is 14.8. The summed E-state index contributed by atoms with van der Waals surface area (Å²) in [5.41, 5.74) is 1.99. The fourth-order valence-corrected chi connectivity index (χ4v) is 1.05. The van der Waals surface area contributed by atoms with Crippen LogP contribution < -0.4 is 0 Å². The van der Waals surface area contributed by atoms with E-state index in [1.54, 1.807) is 27.7 Å². The van der Waals surface area contributed by atoms with Gasteiger partial charge >= 0.3 is 7.47 Å². The van der Waals surface area contributed by atoms with Gasteiger partial charge in [-0.2, -0.15) is 0 Å². The maximum atomic E-state index is 11.8.